The largest absolute Gasteiger partial charge is 0.492 e. The molecule has 0 saturated heterocycles. The van der Waals surface area contributed by atoms with Crippen LogP contribution in [0, 0.1) is 3.57 Å². The normalized spacial score (nSPS) is 10.0. The van der Waals surface area contributed by atoms with Crippen LogP contribution in [0.15, 0.2) is 48.5 Å². The Labute approximate surface area is 126 Å². The zero-order valence-corrected chi connectivity index (χ0v) is 12.7. The van der Waals surface area contributed by atoms with E-state index in [4.69, 9.17) is 4.74 Å². The maximum absolute atomic E-state index is 12.1. The van der Waals surface area contributed by atoms with Crippen LogP contribution in [0.3, 0.4) is 0 Å². The van der Waals surface area contributed by atoms with Gasteiger partial charge in [0.2, 0.25) is 0 Å². The van der Waals surface area contributed by atoms with Gasteiger partial charge in [-0.05, 0) is 65.9 Å². The highest BCUT2D eigenvalue weighted by Gasteiger charge is 2.09. The first-order valence-electron chi connectivity index (χ1n) is 5.99. The summed E-state index contributed by atoms with van der Waals surface area (Å²) in [5, 5.41) is 2.86. The zero-order valence-electron chi connectivity index (χ0n) is 10.5. The van der Waals surface area contributed by atoms with Crippen molar-refractivity contribution in [1.82, 2.24) is 0 Å². The Balaban J connectivity index is 2.16. The summed E-state index contributed by atoms with van der Waals surface area (Å²) in [5.74, 6) is 0.549. The molecule has 19 heavy (non-hydrogen) atoms. The highest BCUT2D eigenvalue weighted by Crippen LogP contribution is 2.24. The van der Waals surface area contributed by atoms with Crippen LogP contribution in [0.5, 0.6) is 5.75 Å². The van der Waals surface area contributed by atoms with Crippen molar-refractivity contribution in [3.05, 3.63) is 57.7 Å². The van der Waals surface area contributed by atoms with E-state index in [-0.39, 0.29) is 5.91 Å². The van der Waals surface area contributed by atoms with Crippen LogP contribution in [0.1, 0.15) is 17.3 Å². The van der Waals surface area contributed by atoms with E-state index in [1.165, 1.54) is 0 Å². The van der Waals surface area contributed by atoms with Crippen molar-refractivity contribution in [3.8, 4) is 5.75 Å². The van der Waals surface area contributed by atoms with E-state index in [9.17, 15) is 4.79 Å². The second-order valence-corrected chi connectivity index (χ2v) is 5.14. The fourth-order valence-corrected chi connectivity index (χ4v) is 2.01. The van der Waals surface area contributed by atoms with Gasteiger partial charge >= 0.3 is 0 Å². The molecule has 0 atom stereocenters. The second-order valence-electron chi connectivity index (χ2n) is 3.89. The van der Waals surface area contributed by atoms with E-state index < -0.39 is 0 Å². The fourth-order valence-electron chi connectivity index (χ4n) is 1.65. The first kappa shape index (κ1) is 13.9. The summed E-state index contributed by atoms with van der Waals surface area (Å²) in [4.78, 5) is 12.1. The molecule has 0 fully saturated rings. The van der Waals surface area contributed by atoms with E-state index >= 15 is 0 Å². The van der Waals surface area contributed by atoms with Gasteiger partial charge in [0, 0.05) is 9.13 Å². The number of hydrogen-bond acceptors (Lipinski definition) is 2. The van der Waals surface area contributed by atoms with Crippen LogP contribution in [-0.2, 0) is 0 Å². The predicted octanol–water partition coefficient (Wildman–Crippen LogP) is 3.94. The van der Waals surface area contributed by atoms with Crippen molar-refractivity contribution >= 4 is 34.2 Å². The molecule has 0 spiro atoms. The summed E-state index contributed by atoms with van der Waals surface area (Å²) in [5.41, 5.74) is 1.32. The molecule has 1 N–H and O–H groups in total. The van der Waals surface area contributed by atoms with Gasteiger partial charge in [-0.3, -0.25) is 4.79 Å². The van der Waals surface area contributed by atoms with Crippen molar-refractivity contribution in [2.75, 3.05) is 11.9 Å². The number of carbonyl (C=O) groups excluding carboxylic acids is 1. The van der Waals surface area contributed by atoms with Gasteiger partial charge in [-0.2, -0.15) is 0 Å². The van der Waals surface area contributed by atoms with E-state index in [1.807, 2.05) is 43.3 Å². The van der Waals surface area contributed by atoms with Crippen molar-refractivity contribution in [2.24, 2.45) is 0 Å². The van der Waals surface area contributed by atoms with Crippen molar-refractivity contribution in [2.45, 2.75) is 6.92 Å². The molecule has 0 aliphatic rings. The molecular formula is C15H14INO2. The average molecular weight is 367 g/mol. The fraction of sp³-hybridized carbons (Fsp3) is 0.133. The SMILES string of the molecule is CCOc1ccccc1NC(=O)c1ccc(I)cc1. The molecule has 0 radical (unpaired) electrons. The molecule has 0 heterocycles. The summed E-state index contributed by atoms with van der Waals surface area (Å²) in [7, 11) is 0. The molecule has 98 valence electrons. The van der Waals surface area contributed by atoms with Gasteiger partial charge in [0.05, 0.1) is 12.3 Å². The Morgan fingerprint density at radius 3 is 2.53 bits per heavy atom. The van der Waals surface area contributed by atoms with Crippen LogP contribution < -0.4 is 10.1 Å². The molecule has 1 amide bonds. The number of benzene rings is 2. The molecule has 0 aromatic heterocycles. The number of amides is 1. The minimum absolute atomic E-state index is 0.136. The molecule has 0 unspecified atom stereocenters. The van der Waals surface area contributed by atoms with Crippen LogP contribution in [0.4, 0.5) is 5.69 Å². The highest BCUT2D eigenvalue weighted by molar-refractivity contribution is 14.1. The third kappa shape index (κ3) is 3.70. The molecule has 0 bridgehead atoms. The van der Waals surface area contributed by atoms with E-state index in [0.29, 0.717) is 23.6 Å². The van der Waals surface area contributed by atoms with Crippen molar-refractivity contribution in [3.63, 3.8) is 0 Å². The molecule has 4 heteroatoms. The molecule has 0 saturated carbocycles. The number of nitrogens with one attached hydrogen (secondary N) is 1. The minimum atomic E-state index is -0.136. The maximum atomic E-state index is 12.1. The maximum Gasteiger partial charge on any atom is 0.255 e. The third-order valence-electron chi connectivity index (χ3n) is 2.54. The zero-order chi connectivity index (χ0) is 13.7. The first-order chi connectivity index (χ1) is 9.20. The Kier molecular flexibility index (Phi) is 4.79. The van der Waals surface area contributed by atoms with Gasteiger partial charge < -0.3 is 10.1 Å². The highest BCUT2D eigenvalue weighted by atomic mass is 127. The smallest absolute Gasteiger partial charge is 0.255 e. The lowest BCUT2D eigenvalue weighted by molar-refractivity contribution is 0.102. The molecule has 0 aliphatic heterocycles. The lowest BCUT2D eigenvalue weighted by Crippen LogP contribution is -2.12. The Bertz CT molecular complexity index is 567. The van der Waals surface area contributed by atoms with Gasteiger partial charge in [0.25, 0.3) is 5.91 Å². The number of rotatable bonds is 4. The average Bonchev–Trinajstić information content (AvgIpc) is 2.42. The third-order valence-corrected chi connectivity index (χ3v) is 3.26. The Morgan fingerprint density at radius 2 is 1.84 bits per heavy atom. The summed E-state index contributed by atoms with van der Waals surface area (Å²) >= 11 is 2.21. The minimum Gasteiger partial charge on any atom is -0.492 e. The number of para-hydroxylation sites is 2. The number of anilines is 1. The summed E-state index contributed by atoms with van der Waals surface area (Å²) in [6, 6.07) is 14.8. The quantitative estimate of drug-likeness (QED) is 0.832. The molecular weight excluding hydrogens is 353 g/mol. The number of hydrogen-bond donors (Lipinski definition) is 1. The van der Waals surface area contributed by atoms with E-state index in [0.717, 1.165) is 3.57 Å². The lowest BCUT2D eigenvalue weighted by Gasteiger charge is -2.11. The van der Waals surface area contributed by atoms with Gasteiger partial charge in [0.1, 0.15) is 5.75 Å². The van der Waals surface area contributed by atoms with Gasteiger partial charge in [0.15, 0.2) is 0 Å². The summed E-state index contributed by atoms with van der Waals surface area (Å²) in [6.45, 7) is 2.48. The predicted molar refractivity (Wildman–Crippen MR) is 84.7 cm³/mol. The molecule has 2 aromatic rings. The van der Waals surface area contributed by atoms with Crippen molar-refractivity contribution in [1.29, 1.82) is 0 Å². The number of ether oxygens (including phenoxy) is 1. The molecule has 2 aromatic carbocycles. The first-order valence-corrected chi connectivity index (χ1v) is 7.07. The standard InChI is InChI=1S/C15H14INO2/c1-2-19-14-6-4-3-5-13(14)17-15(18)11-7-9-12(16)10-8-11/h3-10H,2H2,1H3,(H,17,18). The van der Waals surface area contributed by atoms with Gasteiger partial charge in [-0.25, -0.2) is 0 Å². The molecule has 3 nitrogen and oxygen atoms in total. The number of carbonyl (C=O) groups is 1. The van der Waals surface area contributed by atoms with Crippen molar-refractivity contribution < 1.29 is 9.53 Å². The Morgan fingerprint density at radius 1 is 1.16 bits per heavy atom. The van der Waals surface area contributed by atoms with E-state index in [2.05, 4.69) is 27.9 Å². The van der Waals surface area contributed by atoms with Crippen LogP contribution in [0.25, 0.3) is 0 Å². The molecule has 2 rings (SSSR count). The van der Waals surface area contributed by atoms with Crippen LogP contribution >= 0.6 is 22.6 Å². The van der Waals surface area contributed by atoms with Gasteiger partial charge in [-0.1, -0.05) is 12.1 Å². The monoisotopic (exact) mass is 367 g/mol. The van der Waals surface area contributed by atoms with Crippen LogP contribution in [-0.4, -0.2) is 12.5 Å². The topological polar surface area (TPSA) is 38.3 Å². The van der Waals surface area contributed by atoms with Gasteiger partial charge in [-0.15, -0.1) is 0 Å². The summed E-state index contributed by atoms with van der Waals surface area (Å²) < 4.78 is 6.58. The second kappa shape index (κ2) is 6.56. The number of halogens is 1. The lowest BCUT2D eigenvalue weighted by atomic mass is 10.2. The Hall–Kier alpha value is -1.56. The van der Waals surface area contributed by atoms with Crippen LogP contribution in [0.2, 0.25) is 0 Å². The molecule has 0 aliphatic carbocycles. The summed E-state index contributed by atoms with van der Waals surface area (Å²) in [6.07, 6.45) is 0. The van der Waals surface area contributed by atoms with E-state index in [1.54, 1.807) is 12.1 Å².